The molecular weight excluding hydrogens is 472 g/mol. The van der Waals surface area contributed by atoms with Crippen LogP contribution in [0.2, 0.25) is 0 Å². The van der Waals surface area contributed by atoms with Crippen molar-refractivity contribution in [3.05, 3.63) is 69.6 Å². The number of aromatic nitrogens is 4. The van der Waals surface area contributed by atoms with E-state index in [0.717, 1.165) is 18.0 Å². The molecular formula is C27H28N6O2S. The highest BCUT2D eigenvalue weighted by atomic mass is 32.1. The lowest BCUT2D eigenvalue weighted by atomic mass is 9.90. The molecule has 1 N–H and O–H groups in total. The van der Waals surface area contributed by atoms with Gasteiger partial charge in [0.25, 0.3) is 5.56 Å². The first-order valence-electron chi connectivity index (χ1n) is 12.1. The molecule has 0 saturated carbocycles. The second-order valence-corrected chi connectivity index (χ2v) is 9.79. The smallest absolute Gasteiger partial charge is 0.274 e. The van der Waals surface area contributed by atoms with Crippen LogP contribution in [0.25, 0.3) is 16.2 Å². The Bertz CT molecular complexity index is 1450. The number of thiazole rings is 1. The minimum Gasteiger partial charge on any atom is -0.447 e. The minimum atomic E-state index is -0.299. The monoisotopic (exact) mass is 500 g/mol. The first-order chi connectivity index (χ1) is 17.6. The molecule has 4 heterocycles. The second-order valence-electron chi connectivity index (χ2n) is 8.92. The Morgan fingerprint density at radius 3 is 2.72 bits per heavy atom. The maximum Gasteiger partial charge on any atom is 0.274 e. The third-order valence-corrected chi connectivity index (χ3v) is 7.08. The van der Waals surface area contributed by atoms with Crippen LogP contribution in [0.1, 0.15) is 30.9 Å². The molecule has 9 heteroatoms. The summed E-state index contributed by atoms with van der Waals surface area (Å²) in [6.45, 7) is 4.64. The van der Waals surface area contributed by atoms with Crippen molar-refractivity contribution < 1.29 is 4.74 Å². The van der Waals surface area contributed by atoms with Gasteiger partial charge in [0.05, 0.1) is 12.2 Å². The van der Waals surface area contributed by atoms with Crippen molar-refractivity contribution in [3.63, 3.8) is 0 Å². The number of rotatable bonds is 6. The summed E-state index contributed by atoms with van der Waals surface area (Å²) in [5, 5.41) is 6.30. The van der Waals surface area contributed by atoms with Crippen LogP contribution in [0, 0.1) is 17.9 Å². The lowest BCUT2D eigenvalue weighted by Gasteiger charge is -2.28. The van der Waals surface area contributed by atoms with Gasteiger partial charge >= 0.3 is 0 Å². The zero-order chi connectivity index (χ0) is 24.9. The highest BCUT2D eigenvalue weighted by molar-refractivity contribution is 7.12. The van der Waals surface area contributed by atoms with Crippen LogP contribution in [-0.4, -0.2) is 51.2 Å². The van der Waals surface area contributed by atoms with E-state index < -0.39 is 0 Å². The van der Waals surface area contributed by atoms with Crippen LogP contribution in [0.4, 0.5) is 11.6 Å². The van der Waals surface area contributed by atoms with Gasteiger partial charge in [-0.05, 0) is 81.9 Å². The third kappa shape index (κ3) is 5.40. The van der Waals surface area contributed by atoms with Crippen molar-refractivity contribution in [3.8, 4) is 17.2 Å². The van der Waals surface area contributed by atoms with Gasteiger partial charge in [-0.15, -0.1) is 11.3 Å². The molecule has 4 aromatic rings. The zero-order valence-electron chi connectivity index (χ0n) is 20.4. The topological polar surface area (TPSA) is 85.2 Å². The fourth-order valence-electron chi connectivity index (χ4n) is 4.37. The van der Waals surface area contributed by atoms with Crippen molar-refractivity contribution in [2.75, 3.05) is 32.1 Å². The van der Waals surface area contributed by atoms with Crippen molar-refractivity contribution in [1.82, 2.24) is 24.4 Å². The Balaban J connectivity index is 1.41. The molecule has 0 amide bonds. The van der Waals surface area contributed by atoms with E-state index in [4.69, 9.17) is 4.74 Å². The van der Waals surface area contributed by atoms with Crippen molar-refractivity contribution in [1.29, 1.82) is 0 Å². The van der Waals surface area contributed by atoms with Crippen LogP contribution < -0.4 is 10.9 Å². The van der Waals surface area contributed by atoms with E-state index in [0.29, 0.717) is 34.3 Å². The predicted molar refractivity (Wildman–Crippen MR) is 143 cm³/mol. The second kappa shape index (κ2) is 10.9. The maximum atomic E-state index is 13.3. The molecule has 184 valence electrons. The first kappa shape index (κ1) is 24.0. The van der Waals surface area contributed by atoms with Gasteiger partial charge in [-0.1, -0.05) is 12.1 Å². The number of nitrogens with one attached hydrogen (secondary N) is 1. The summed E-state index contributed by atoms with van der Waals surface area (Å²) in [4.78, 5) is 29.1. The standard InChI is InChI=1S/C27H28N6O2S/c1-3-35-14-10-21-17-22-18-29-26(31-24(22)33(25(21)34)27-28-11-15-36-27)30-23-6-4-19(5-7-23)16-20-8-12-32(2)13-9-20/h4-7,11,15,17-18,20H,3,8-9,12-13,16H2,1-2H3,(H,29,30,31). The van der Waals surface area contributed by atoms with E-state index in [2.05, 4.69) is 68.5 Å². The number of hydrogen-bond acceptors (Lipinski definition) is 8. The third-order valence-electron chi connectivity index (χ3n) is 6.33. The van der Waals surface area contributed by atoms with E-state index in [9.17, 15) is 4.79 Å². The molecule has 0 atom stereocenters. The van der Waals surface area contributed by atoms with Crippen molar-refractivity contribution in [2.45, 2.75) is 26.2 Å². The molecule has 0 aliphatic carbocycles. The average molecular weight is 501 g/mol. The van der Waals surface area contributed by atoms with Gasteiger partial charge in [0.1, 0.15) is 6.11 Å². The lowest BCUT2D eigenvalue weighted by Crippen LogP contribution is -2.30. The first-order valence-corrected chi connectivity index (χ1v) is 13.0. The molecule has 0 bridgehead atoms. The van der Waals surface area contributed by atoms with Gasteiger partial charge in [-0.25, -0.2) is 14.5 Å². The SMILES string of the molecule is CCOC#Cc1cc2cnc(Nc3ccc(CC4CCN(C)CC4)cc3)nc2n(-c2nccs2)c1=O. The minimum absolute atomic E-state index is 0.299. The fraction of sp³-hybridized carbons (Fsp3) is 0.333. The van der Waals surface area contributed by atoms with Crippen LogP contribution in [-0.2, 0) is 11.2 Å². The number of pyridine rings is 1. The van der Waals surface area contributed by atoms with E-state index in [1.54, 1.807) is 18.5 Å². The zero-order valence-corrected chi connectivity index (χ0v) is 21.2. The van der Waals surface area contributed by atoms with Crippen LogP contribution in [0.5, 0.6) is 0 Å². The molecule has 1 aliphatic rings. The van der Waals surface area contributed by atoms with Gasteiger partial charge in [0, 0.05) is 28.8 Å². The van der Waals surface area contributed by atoms with Crippen molar-refractivity contribution in [2.24, 2.45) is 5.92 Å². The Hall–Kier alpha value is -3.74. The van der Waals surface area contributed by atoms with Gasteiger partial charge in [-0.2, -0.15) is 4.98 Å². The largest absolute Gasteiger partial charge is 0.447 e. The summed E-state index contributed by atoms with van der Waals surface area (Å²) in [6.07, 6.45) is 9.52. The summed E-state index contributed by atoms with van der Waals surface area (Å²) < 4.78 is 6.59. The molecule has 1 aliphatic heterocycles. The predicted octanol–water partition coefficient (Wildman–Crippen LogP) is 4.21. The summed E-state index contributed by atoms with van der Waals surface area (Å²) in [5.74, 6) is 3.95. The Morgan fingerprint density at radius 2 is 2.00 bits per heavy atom. The Labute approximate surface area is 214 Å². The Kier molecular flexibility index (Phi) is 7.26. The van der Waals surface area contributed by atoms with E-state index in [1.807, 2.05) is 12.3 Å². The molecule has 3 aromatic heterocycles. The van der Waals surface area contributed by atoms with Gasteiger partial charge in [0.15, 0.2) is 10.8 Å². The number of benzene rings is 1. The summed E-state index contributed by atoms with van der Waals surface area (Å²) >= 11 is 1.36. The molecule has 0 spiro atoms. The summed E-state index contributed by atoms with van der Waals surface area (Å²) in [5.41, 5.74) is 2.70. The van der Waals surface area contributed by atoms with E-state index in [-0.39, 0.29) is 5.56 Å². The molecule has 0 unspecified atom stereocenters. The molecule has 1 saturated heterocycles. The molecule has 1 aromatic carbocycles. The molecule has 5 rings (SSSR count). The molecule has 8 nitrogen and oxygen atoms in total. The normalized spacial score (nSPS) is 14.4. The van der Waals surface area contributed by atoms with Crippen LogP contribution in [0.15, 0.2) is 52.9 Å². The van der Waals surface area contributed by atoms with E-state index in [1.165, 1.54) is 47.4 Å². The van der Waals surface area contributed by atoms with Crippen molar-refractivity contribution >= 4 is 34.0 Å². The van der Waals surface area contributed by atoms with Gasteiger partial charge in [0.2, 0.25) is 5.95 Å². The van der Waals surface area contributed by atoms with Gasteiger partial charge in [-0.3, -0.25) is 4.79 Å². The number of fused-ring (bicyclic) bond motifs is 1. The Morgan fingerprint density at radius 1 is 1.19 bits per heavy atom. The average Bonchev–Trinajstić information content (AvgIpc) is 3.42. The summed E-state index contributed by atoms with van der Waals surface area (Å²) in [7, 11) is 2.19. The lowest BCUT2D eigenvalue weighted by molar-refractivity contribution is 0.219. The quantitative estimate of drug-likeness (QED) is 0.397. The number of ether oxygens (including phenoxy) is 1. The van der Waals surface area contributed by atoms with Crippen LogP contribution in [0.3, 0.4) is 0 Å². The molecule has 0 radical (unpaired) electrons. The summed E-state index contributed by atoms with van der Waals surface area (Å²) in [6, 6.07) is 10.1. The fourth-order valence-corrected chi connectivity index (χ4v) is 5.01. The highest BCUT2D eigenvalue weighted by Crippen LogP contribution is 2.23. The maximum absolute atomic E-state index is 13.3. The molecule has 1 fully saturated rings. The highest BCUT2D eigenvalue weighted by Gasteiger charge is 2.17. The number of likely N-dealkylation sites (tertiary alicyclic amines) is 1. The van der Waals surface area contributed by atoms with Crippen LogP contribution >= 0.6 is 11.3 Å². The number of anilines is 2. The van der Waals surface area contributed by atoms with E-state index >= 15 is 0 Å². The van der Waals surface area contributed by atoms with Gasteiger partial charge < -0.3 is 15.0 Å². The number of piperidine rings is 1. The number of hydrogen-bond donors (Lipinski definition) is 1. The number of nitrogens with zero attached hydrogens (tertiary/aromatic N) is 5. The molecule has 36 heavy (non-hydrogen) atoms.